The van der Waals surface area contributed by atoms with Gasteiger partial charge < -0.3 is 4.74 Å². The summed E-state index contributed by atoms with van der Waals surface area (Å²) in [5, 5.41) is 0. The first kappa shape index (κ1) is 11.9. The van der Waals surface area contributed by atoms with Crippen molar-refractivity contribution in [1.29, 1.82) is 0 Å². The lowest BCUT2D eigenvalue weighted by atomic mass is 10.3. The van der Waals surface area contributed by atoms with E-state index < -0.39 is 0 Å². The average Bonchev–Trinajstić information content (AvgIpc) is 2.28. The van der Waals surface area contributed by atoms with Gasteiger partial charge in [0.2, 0.25) is 0 Å². The molecule has 5 heteroatoms. The van der Waals surface area contributed by atoms with Crippen molar-refractivity contribution in [3.05, 3.63) is 36.5 Å². The monoisotopic (exact) mass is 218 g/mol. The van der Waals surface area contributed by atoms with E-state index in [-0.39, 0.29) is 24.8 Å². The molecule has 1 aliphatic rings. The number of aliphatic imine (C=N–C) groups is 1. The molecule has 2 rings (SSSR count). The van der Waals surface area contributed by atoms with E-state index in [1.54, 1.807) is 18.6 Å². The summed E-state index contributed by atoms with van der Waals surface area (Å²) in [5.74, 6) is 0.741. The molecule has 0 bridgehead atoms. The van der Waals surface area contributed by atoms with Crippen LogP contribution in [0.2, 0.25) is 0 Å². The van der Waals surface area contributed by atoms with Crippen LogP contribution in [0.25, 0.3) is 0 Å². The lowest BCUT2D eigenvalue weighted by Crippen LogP contribution is -1.90. The first-order chi connectivity index (χ1) is 5.47. The highest BCUT2D eigenvalue weighted by atomic mass is 35.5. The fourth-order valence-electron chi connectivity index (χ4n) is 0.852. The zero-order chi connectivity index (χ0) is 7.52. The summed E-state index contributed by atoms with van der Waals surface area (Å²) in [5.41, 5.74) is 0.762. The normalized spacial score (nSPS) is 11.4. The molecule has 0 spiro atoms. The van der Waals surface area contributed by atoms with Gasteiger partial charge in [-0.25, -0.2) is 0 Å². The van der Waals surface area contributed by atoms with Crippen LogP contribution in [0.15, 0.2) is 35.8 Å². The summed E-state index contributed by atoms with van der Waals surface area (Å²) >= 11 is 0. The maximum atomic E-state index is 5.18. The highest BCUT2D eigenvalue weighted by molar-refractivity contribution is 5.85. The zero-order valence-corrected chi connectivity index (χ0v) is 8.22. The van der Waals surface area contributed by atoms with Crippen LogP contribution in [0.4, 0.5) is 0 Å². The Balaban J connectivity index is 0.000000720. The molecular formula is C8H8Cl2N2O. The molecule has 0 aliphatic carbocycles. The van der Waals surface area contributed by atoms with Crippen molar-refractivity contribution in [3.63, 3.8) is 0 Å². The van der Waals surface area contributed by atoms with Crippen molar-refractivity contribution in [2.75, 3.05) is 0 Å². The van der Waals surface area contributed by atoms with Crippen LogP contribution in [0.3, 0.4) is 0 Å². The molecule has 0 unspecified atom stereocenters. The van der Waals surface area contributed by atoms with Crippen LogP contribution < -0.4 is 4.74 Å². The van der Waals surface area contributed by atoms with Crippen LogP contribution in [-0.2, 0) is 0 Å². The second-order valence-corrected chi connectivity index (χ2v) is 2.07. The highest BCUT2D eigenvalue weighted by Gasteiger charge is 2.00. The Labute approximate surface area is 88.4 Å². The fraction of sp³-hybridized carbons (Fsp3) is 0. The SMILES string of the molecule is C1=COc2cccnc2C=N1.Cl.Cl. The van der Waals surface area contributed by atoms with E-state index in [1.165, 1.54) is 6.26 Å². The largest absolute Gasteiger partial charge is 0.461 e. The first-order valence-electron chi connectivity index (χ1n) is 3.27. The van der Waals surface area contributed by atoms with E-state index in [2.05, 4.69) is 9.98 Å². The van der Waals surface area contributed by atoms with E-state index in [0.717, 1.165) is 11.4 Å². The minimum absolute atomic E-state index is 0. The second-order valence-electron chi connectivity index (χ2n) is 2.07. The molecule has 0 aromatic carbocycles. The van der Waals surface area contributed by atoms with Crippen molar-refractivity contribution in [3.8, 4) is 5.75 Å². The van der Waals surface area contributed by atoms with Crippen molar-refractivity contribution in [1.82, 2.24) is 4.98 Å². The molecule has 1 aliphatic heterocycles. The van der Waals surface area contributed by atoms with Gasteiger partial charge in [0.1, 0.15) is 12.0 Å². The summed E-state index contributed by atoms with van der Waals surface area (Å²) in [6, 6.07) is 3.68. The predicted octanol–water partition coefficient (Wildman–Crippen LogP) is 2.21. The highest BCUT2D eigenvalue weighted by Crippen LogP contribution is 2.14. The Morgan fingerprint density at radius 2 is 2.08 bits per heavy atom. The topological polar surface area (TPSA) is 34.5 Å². The van der Waals surface area contributed by atoms with Crippen molar-refractivity contribution < 1.29 is 4.74 Å². The number of hydrogen-bond acceptors (Lipinski definition) is 3. The molecule has 3 nitrogen and oxygen atoms in total. The number of ether oxygens (including phenoxy) is 1. The van der Waals surface area contributed by atoms with Gasteiger partial charge in [0, 0.05) is 6.20 Å². The van der Waals surface area contributed by atoms with Gasteiger partial charge >= 0.3 is 0 Å². The molecule has 0 N–H and O–H groups in total. The zero-order valence-electron chi connectivity index (χ0n) is 6.58. The fourth-order valence-corrected chi connectivity index (χ4v) is 0.852. The molecule has 70 valence electrons. The molecule has 2 heterocycles. The molecule has 0 saturated carbocycles. The van der Waals surface area contributed by atoms with Gasteiger partial charge in [-0.15, -0.1) is 24.8 Å². The minimum Gasteiger partial charge on any atom is -0.461 e. The van der Waals surface area contributed by atoms with E-state index in [1.807, 2.05) is 12.1 Å². The summed E-state index contributed by atoms with van der Waals surface area (Å²) in [4.78, 5) is 7.98. The smallest absolute Gasteiger partial charge is 0.153 e. The third-order valence-electron chi connectivity index (χ3n) is 1.34. The number of hydrogen-bond donors (Lipinski definition) is 0. The number of pyridine rings is 1. The van der Waals surface area contributed by atoms with Gasteiger partial charge in [-0.2, -0.15) is 0 Å². The molecule has 1 aromatic rings. The van der Waals surface area contributed by atoms with Gasteiger partial charge in [-0.3, -0.25) is 9.98 Å². The standard InChI is InChI=1S/C8H6N2O.2ClH/c1-2-8-7(10-3-1)6-9-4-5-11-8;;/h1-6H;2*1H. The molecule has 0 atom stereocenters. The maximum absolute atomic E-state index is 5.18. The van der Waals surface area contributed by atoms with Crippen LogP contribution in [0, 0.1) is 0 Å². The van der Waals surface area contributed by atoms with Gasteiger partial charge in [-0.1, -0.05) is 0 Å². The minimum atomic E-state index is 0. The van der Waals surface area contributed by atoms with Gasteiger partial charge in [-0.05, 0) is 12.1 Å². The molecule has 0 saturated heterocycles. The van der Waals surface area contributed by atoms with Crippen LogP contribution >= 0.6 is 24.8 Å². The van der Waals surface area contributed by atoms with Crippen LogP contribution in [-0.4, -0.2) is 11.2 Å². The summed E-state index contributed by atoms with van der Waals surface area (Å²) < 4.78 is 5.18. The van der Waals surface area contributed by atoms with Crippen molar-refractivity contribution >= 4 is 31.0 Å². The average molecular weight is 219 g/mol. The lowest BCUT2D eigenvalue weighted by molar-refractivity contribution is 0.478. The summed E-state index contributed by atoms with van der Waals surface area (Å²) in [6.07, 6.45) is 6.49. The van der Waals surface area contributed by atoms with Gasteiger partial charge in [0.05, 0.1) is 12.4 Å². The lowest BCUT2D eigenvalue weighted by Gasteiger charge is -1.98. The molecule has 1 aromatic heterocycles. The molecule has 0 amide bonds. The van der Waals surface area contributed by atoms with Crippen LogP contribution in [0.5, 0.6) is 5.75 Å². The quantitative estimate of drug-likeness (QED) is 0.670. The number of nitrogens with zero attached hydrogens (tertiary/aromatic N) is 2. The Bertz CT molecular complexity index is 326. The van der Waals surface area contributed by atoms with Gasteiger partial charge in [0.15, 0.2) is 5.75 Å². The Kier molecular flexibility index (Phi) is 5.11. The van der Waals surface area contributed by atoms with E-state index in [4.69, 9.17) is 4.74 Å². The van der Waals surface area contributed by atoms with E-state index in [0.29, 0.717) is 0 Å². The predicted molar refractivity (Wildman–Crippen MR) is 56.1 cm³/mol. The molecular weight excluding hydrogens is 211 g/mol. The molecule has 13 heavy (non-hydrogen) atoms. The van der Waals surface area contributed by atoms with E-state index >= 15 is 0 Å². The van der Waals surface area contributed by atoms with Crippen molar-refractivity contribution in [2.24, 2.45) is 4.99 Å². The van der Waals surface area contributed by atoms with E-state index in [9.17, 15) is 0 Å². The first-order valence-corrected chi connectivity index (χ1v) is 3.27. The number of rotatable bonds is 0. The van der Waals surface area contributed by atoms with Crippen molar-refractivity contribution in [2.45, 2.75) is 0 Å². The summed E-state index contributed by atoms with van der Waals surface area (Å²) in [7, 11) is 0. The Morgan fingerprint density at radius 3 is 2.92 bits per heavy atom. The third kappa shape index (κ3) is 2.72. The number of fused-ring (bicyclic) bond motifs is 1. The third-order valence-corrected chi connectivity index (χ3v) is 1.34. The van der Waals surface area contributed by atoms with Crippen LogP contribution in [0.1, 0.15) is 5.69 Å². The number of aromatic nitrogens is 1. The number of halogens is 2. The second kappa shape index (κ2) is 5.56. The Hall–Kier alpha value is -1.06. The Morgan fingerprint density at radius 1 is 1.23 bits per heavy atom. The summed E-state index contributed by atoms with van der Waals surface area (Å²) in [6.45, 7) is 0. The molecule has 0 radical (unpaired) electrons. The molecule has 0 fully saturated rings. The maximum Gasteiger partial charge on any atom is 0.153 e. The van der Waals surface area contributed by atoms with Gasteiger partial charge in [0.25, 0.3) is 0 Å².